The minimum absolute atomic E-state index is 0. The van der Waals surface area contributed by atoms with Crippen LogP contribution in [0.5, 0.6) is 0 Å². The number of para-hydroxylation sites is 1. The van der Waals surface area contributed by atoms with Gasteiger partial charge in [0.1, 0.15) is 0 Å². The molecule has 0 aliphatic heterocycles. The maximum Gasteiger partial charge on any atom is 0.305 e. The fraction of sp³-hybridized carbons (Fsp3) is 0.0909. The van der Waals surface area contributed by atoms with E-state index in [4.69, 9.17) is 9.81 Å². The van der Waals surface area contributed by atoms with E-state index in [-0.39, 0.29) is 32.6 Å². The van der Waals surface area contributed by atoms with Crippen molar-refractivity contribution in [3.63, 3.8) is 0 Å². The number of aromatic nitrogens is 1. The molecule has 140 valence electrons. The molecule has 25 heavy (non-hydrogen) atoms. The van der Waals surface area contributed by atoms with E-state index in [1.165, 1.54) is 30.6 Å². The average molecular weight is 477 g/mol. The molecule has 4 N–H and O–H groups in total. The first-order valence-electron chi connectivity index (χ1n) is 5.97. The zero-order valence-electron chi connectivity index (χ0n) is 12.5. The molecule has 0 fully saturated rings. The van der Waals surface area contributed by atoms with Crippen LogP contribution in [0.15, 0.2) is 40.2 Å². The third kappa shape index (κ3) is 7.67. The van der Waals surface area contributed by atoms with Gasteiger partial charge >= 0.3 is 98.5 Å². The van der Waals surface area contributed by atoms with Crippen molar-refractivity contribution < 1.29 is 34.7 Å². The number of nitrogens with one attached hydrogen (secondary N) is 1. The number of rotatable bonds is 4. The van der Waals surface area contributed by atoms with E-state index in [0.717, 1.165) is 17.5 Å². The number of thiazole rings is 1. The van der Waals surface area contributed by atoms with Gasteiger partial charge in [-0.3, -0.25) is 9.54 Å². The van der Waals surface area contributed by atoms with E-state index in [2.05, 4.69) is 14.2 Å². The van der Waals surface area contributed by atoms with E-state index in [9.17, 15) is 21.0 Å². The second-order valence-electron chi connectivity index (χ2n) is 4.10. The molecule has 0 spiro atoms. The Labute approximate surface area is 156 Å². The van der Waals surface area contributed by atoms with Gasteiger partial charge in [-0.1, -0.05) is 0 Å². The van der Waals surface area contributed by atoms with Crippen LogP contribution in [0.4, 0.5) is 5.69 Å². The van der Waals surface area contributed by atoms with Crippen LogP contribution in [0, 0.1) is 0 Å². The Bertz CT molecular complexity index is 844. The number of carbonyl (C=O) groups is 1. The van der Waals surface area contributed by atoms with Gasteiger partial charge in [0, 0.05) is 0 Å². The van der Waals surface area contributed by atoms with Crippen LogP contribution < -0.4 is 9.67 Å². The molecule has 1 aromatic heterocycles. The Balaban J connectivity index is 0.000000495. The minimum Gasteiger partial charge on any atom is -0.281 e. The molecular formula is C11H14AsClN2O8S2. The molecule has 14 heteroatoms. The summed E-state index contributed by atoms with van der Waals surface area (Å²) in [5.74, 6) is -0.379. The van der Waals surface area contributed by atoms with Gasteiger partial charge in [-0.05, 0) is 0 Å². The van der Waals surface area contributed by atoms with E-state index >= 15 is 0 Å². The van der Waals surface area contributed by atoms with Gasteiger partial charge in [0.25, 0.3) is 0 Å². The summed E-state index contributed by atoms with van der Waals surface area (Å²) in [5.41, 5.74) is 1.49. The predicted molar refractivity (Wildman–Crippen MR) is 91.9 cm³/mol. The molecule has 0 aliphatic rings. The molecular weight excluding hydrogens is 463 g/mol. The van der Waals surface area contributed by atoms with Crippen LogP contribution in [0.25, 0.3) is 0 Å². The van der Waals surface area contributed by atoms with E-state index in [0.29, 0.717) is 0 Å². The van der Waals surface area contributed by atoms with Crippen molar-refractivity contribution in [1.29, 1.82) is 0 Å². The van der Waals surface area contributed by atoms with Crippen molar-refractivity contribution in [3.05, 3.63) is 36.0 Å². The normalized spacial score (nSPS) is 12.8. The molecule has 1 aromatic carbocycles. The Morgan fingerprint density at radius 3 is 2.36 bits per heavy atom. The van der Waals surface area contributed by atoms with Crippen molar-refractivity contribution in [2.24, 2.45) is 0 Å². The third-order valence-corrected chi connectivity index (χ3v) is 6.95. The molecule has 2 aromatic rings. The number of amides is 1. The molecule has 0 saturated carbocycles. The number of hydrogen-bond donors (Lipinski definition) is 4. The minimum atomic E-state index is -4.92. The third-order valence-electron chi connectivity index (χ3n) is 2.29. The Kier molecular flexibility index (Phi) is 9.54. The molecule has 1 atom stereocenters. The topological polar surface area (TPSA) is 163 Å². The SMILES string of the molecule is CC(=O)Nc1ccccc1[As](=O)(O)OO.Cl.O=S(=O)(O)c1cncs1. The Morgan fingerprint density at radius 2 is 1.96 bits per heavy atom. The zero-order chi connectivity index (χ0) is 18.4. The van der Waals surface area contributed by atoms with Crippen LogP contribution in [-0.4, -0.2) is 47.4 Å². The summed E-state index contributed by atoms with van der Waals surface area (Å²) < 4.78 is 52.8. The molecule has 1 unspecified atom stereocenters. The van der Waals surface area contributed by atoms with E-state index in [1.807, 2.05) is 0 Å². The van der Waals surface area contributed by atoms with Crippen molar-refractivity contribution in [2.75, 3.05) is 5.32 Å². The quantitative estimate of drug-likeness (QED) is 0.213. The van der Waals surface area contributed by atoms with Crippen molar-refractivity contribution in [3.8, 4) is 0 Å². The summed E-state index contributed by atoms with van der Waals surface area (Å²) in [6, 6.07) is 5.84. The van der Waals surface area contributed by atoms with Crippen LogP contribution >= 0.6 is 23.7 Å². The summed E-state index contributed by atoms with van der Waals surface area (Å²) in [4.78, 5) is 14.3. The smallest absolute Gasteiger partial charge is 0.281 e. The van der Waals surface area contributed by atoms with Crippen LogP contribution in [0.2, 0.25) is 0 Å². The monoisotopic (exact) mass is 476 g/mol. The van der Waals surface area contributed by atoms with Gasteiger partial charge < -0.3 is 0 Å². The average Bonchev–Trinajstić information content (AvgIpc) is 3.02. The summed E-state index contributed by atoms with van der Waals surface area (Å²) in [7, 11) is -4.00. The number of nitrogens with zero attached hydrogens (tertiary/aromatic N) is 1. The fourth-order valence-corrected chi connectivity index (χ4v) is 4.22. The van der Waals surface area contributed by atoms with Gasteiger partial charge in [-0.25, -0.2) is 0 Å². The maximum atomic E-state index is 11.4. The van der Waals surface area contributed by atoms with Gasteiger partial charge in [-0.2, -0.15) is 8.42 Å². The van der Waals surface area contributed by atoms with Gasteiger partial charge in [-0.15, -0.1) is 23.7 Å². The summed E-state index contributed by atoms with van der Waals surface area (Å²) in [5, 5.41) is 10.7. The van der Waals surface area contributed by atoms with Crippen LogP contribution in [0.3, 0.4) is 0 Å². The first kappa shape index (κ1) is 23.8. The molecule has 0 radical (unpaired) electrons. The summed E-state index contributed by atoms with van der Waals surface area (Å²) in [6.45, 7) is 1.27. The molecule has 0 saturated heterocycles. The Morgan fingerprint density at radius 1 is 1.36 bits per heavy atom. The second-order valence-corrected chi connectivity index (χ2v) is 10.2. The van der Waals surface area contributed by atoms with Gasteiger partial charge in [0.15, 0.2) is 4.21 Å². The van der Waals surface area contributed by atoms with Crippen molar-refractivity contribution >= 4 is 64.0 Å². The largest absolute Gasteiger partial charge is 0.305 e. The molecule has 1 amide bonds. The molecule has 0 bridgehead atoms. The maximum absolute atomic E-state index is 11.4. The number of carbonyl (C=O) groups excluding carboxylic acids is 1. The van der Waals surface area contributed by atoms with E-state index in [1.54, 1.807) is 6.07 Å². The first-order valence-corrected chi connectivity index (χ1v) is 11.6. The fourth-order valence-electron chi connectivity index (χ4n) is 1.39. The number of anilines is 1. The number of benzene rings is 1. The van der Waals surface area contributed by atoms with Crippen molar-refractivity contribution in [2.45, 2.75) is 11.1 Å². The van der Waals surface area contributed by atoms with Crippen LogP contribution in [-0.2, 0) is 22.5 Å². The standard InChI is InChI=1S/C8H10AsNO5.C3H3NO3S2.ClH/c1-6(11)10-8-5-3-2-4-7(8)9(12,13)15-14;5-9(6,7)3-1-4-2-8-3;/h2-5,14H,1H3,(H,10,11)(H,12,13);1-2H,(H,5,6,7);1H. The molecule has 1 heterocycles. The molecule has 2 rings (SSSR count). The predicted octanol–water partition coefficient (Wildman–Crippen LogP) is 0.515. The Hall–Kier alpha value is -1.24. The number of halogens is 1. The second kappa shape index (κ2) is 10.0. The summed E-state index contributed by atoms with van der Waals surface area (Å²) in [6.07, 6.45) is 1.10. The van der Waals surface area contributed by atoms with Crippen molar-refractivity contribution in [1.82, 2.24) is 4.98 Å². The summed E-state index contributed by atoms with van der Waals surface area (Å²) >= 11 is -4.04. The van der Waals surface area contributed by atoms with Crippen LogP contribution in [0.1, 0.15) is 6.92 Å². The molecule has 0 aliphatic carbocycles. The van der Waals surface area contributed by atoms with Gasteiger partial charge in [0.2, 0.25) is 0 Å². The van der Waals surface area contributed by atoms with E-state index < -0.39 is 24.3 Å². The van der Waals surface area contributed by atoms with Gasteiger partial charge in [0.05, 0.1) is 11.7 Å². The molecule has 10 nitrogen and oxygen atoms in total. The zero-order valence-corrected chi connectivity index (χ0v) is 16.8. The first-order chi connectivity index (χ1) is 11.1. The number of hydrogen-bond acceptors (Lipinski definition) is 8.